The van der Waals surface area contributed by atoms with Crippen LogP contribution in [0.25, 0.3) is 0 Å². The first-order valence-corrected chi connectivity index (χ1v) is 15.9. The molecule has 2 aromatic rings. The SMILES string of the molecule is CC(C)(C)OC(=O)N1CCC[C@H]1C(=O)NCC(=O)c1ccc(Oc2cccc(C(=O)CNC(=O)[C@@H]3CCCN3C(C)(C)C)c2)cc1. The van der Waals surface area contributed by atoms with E-state index in [1.165, 1.54) is 4.90 Å². The predicted molar refractivity (Wildman–Crippen MR) is 173 cm³/mol. The van der Waals surface area contributed by atoms with Crippen molar-refractivity contribution in [3.8, 4) is 11.5 Å². The minimum Gasteiger partial charge on any atom is -0.457 e. The summed E-state index contributed by atoms with van der Waals surface area (Å²) >= 11 is 0. The van der Waals surface area contributed by atoms with Gasteiger partial charge in [-0.1, -0.05) is 12.1 Å². The molecular weight excluding hydrogens is 588 g/mol. The van der Waals surface area contributed by atoms with Gasteiger partial charge in [0, 0.05) is 23.2 Å². The highest BCUT2D eigenvalue weighted by Crippen LogP contribution is 2.27. The Bertz CT molecular complexity index is 1440. The van der Waals surface area contributed by atoms with Crippen molar-refractivity contribution in [2.75, 3.05) is 26.2 Å². The number of Topliss-reactive ketones (excluding diaryl/α,β-unsaturated/α-hetero) is 2. The molecule has 248 valence electrons. The van der Waals surface area contributed by atoms with Crippen LogP contribution in [0.15, 0.2) is 48.5 Å². The zero-order valence-corrected chi connectivity index (χ0v) is 27.7. The second-order valence-corrected chi connectivity index (χ2v) is 13.8. The molecule has 11 heteroatoms. The molecule has 3 amide bonds. The number of amides is 3. The van der Waals surface area contributed by atoms with Crippen molar-refractivity contribution in [3.63, 3.8) is 0 Å². The van der Waals surface area contributed by atoms with Gasteiger partial charge in [-0.25, -0.2) is 4.79 Å². The second kappa shape index (κ2) is 14.5. The molecule has 0 unspecified atom stereocenters. The summed E-state index contributed by atoms with van der Waals surface area (Å²) in [6.07, 6.45) is 2.36. The summed E-state index contributed by atoms with van der Waals surface area (Å²) in [5.41, 5.74) is -0.00489. The van der Waals surface area contributed by atoms with Crippen molar-refractivity contribution in [3.05, 3.63) is 59.7 Å². The zero-order valence-electron chi connectivity index (χ0n) is 27.7. The first kappa shape index (κ1) is 34.6. The molecule has 0 saturated carbocycles. The van der Waals surface area contributed by atoms with E-state index in [0.717, 1.165) is 19.4 Å². The van der Waals surface area contributed by atoms with Crippen LogP contribution in [-0.4, -0.2) is 88.7 Å². The van der Waals surface area contributed by atoms with E-state index in [0.29, 0.717) is 42.0 Å². The number of hydrogen-bond acceptors (Lipinski definition) is 8. The minimum atomic E-state index is -0.677. The van der Waals surface area contributed by atoms with E-state index in [1.54, 1.807) is 69.3 Å². The average molecular weight is 635 g/mol. The molecule has 0 spiro atoms. The largest absolute Gasteiger partial charge is 0.457 e. The Labute approximate surface area is 271 Å². The number of ether oxygens (including phenoxy) is 2. The molecule has 46 heavy (non-hydrogen) atoms. The van der Waals surface area contributed by atoms with E-state index in [1.807, 2.05) is 0 Å². The van der Waals surface area contributed by atoms with Gasteiger partial charge in [-0.3, -0.25) is 29.0 Å². The lowest BCUT2D eigenvalue weighted by Crippen LogP contribution is -2.51. The minimum absolute atomic E-state index is 0.107. The van der Waals surface area contributed by atoms with E-state index >= 15 is 0 Å². The van der Waals surface area contributed by atoms with Gasteiger partial charge in [-0.2, -0.15) is 0 Å². The van der Waals surface area contributed by atoms with Crippen LogP contribution in [0.4, 0.5) is 4.79 Å². The number of benzene rings is 2. The number of likely N-dealkylation sites (tertiary alicyclic amines) is 2. The van der Waals surface area contributed by atoms with Gasteiger partial charge in [0.1, 0.15) is 23.1 Å². The monoisotopic (exact) mass is 634 g/mol. The molecule has 0 bridgehead atoms. The summed E-state index contributed by atoms with van der Waals surface area (Å²) in [5.74, 6) is -0.154. The van der Waals surface area contributed by atoms with E-state index in [9.17, 15) is 24.0 Å². The van der Waals surface area contributed by atoms with Gasteiger partial charge >= 0.3 is 6.09 Å². The van der Waals surface area contributed by atoms with E-state index in [4.69, 9.17) is 9.47 Å². The molecule has 2 fully saturated rings. The van der Waals surface area contributed by atoms with Gasteiger partial charge in [-0.05, 0) is 110 Å². The molecule has 2 N–H and O–H groups in total. The number of carbonyl (C=O) groups excluding carboxylic acids is 5. The van der Waals surface area contributed by atoms with Gasteiger partial charge < -0.3 is 20.1 Å². The Morgan fingerprint density at radius 2 is 1.33 bits per heavy atom. The number of ketones is 2. The quantitative estimate of drug-likeness (QED) is 0.358. The van der Waals surface area contributed by atoms with Gasteiger partial charge in [0.15, 0.2) is 11.6 Å². The maximum Gasteiger partial charge on any atom is 0.410 e. The predicted octanol–water partition coefficient (Wildman–Crippen LogP) is 4.74. The maximum absolute atomic E-state index is 12.9. The maximum atomic E-state index is 12.9. The summed E-state index contributed by atoms with van der Waals surface area (Å²) in [6.45, 7) is 12.5. The van der Waals surface area contributed by atoms with Crippen LogP contribution in [0.5, 0.6) is 11.5 Å². The molecule has 0 radical (unpaired) electrons. The molecule has 2 atom stereocenters. The van der Waals surface area contributed by atoms with E-state index in [2.05, 4.69) is 36.3 Å². The average Bonchev–Trinajstić information content (AvgIpc) is 3.69. The molecule has 2 aliphatic rings. The molecule has 4 rings (SSSR count). The third kappa shape index (κ3) is 9.15. The zero-order chi connectivity index (χ0) is 33.6. The third-order valence-corrected chi connectivity index (χ3v) is 8.01. The number of rotatable bonds is 10. The van der Waals surface area contributed by atoms with E-state index < -0.39 is 23.6 Å². The molecule has 2 aliphatic heterocycles. The number of hydrogen-bond donors (Lipinski definition) is 2. The van der Waals surface area contributed by atoms with Crippen LogP contribution in [0.1, 0.15) is 87.9 Å². The van der Waals surface area contributed by atoms with Crippen LogP contribution in [0, 0.1) is 0 Å². The second-order valence-electron chi connectivity index (χ2n) is 13.8. The van der Waals surface area contributed by atoms with Crippen molar-refractivity contribution in [1.29, 1.82) is 0 Å². The molecule has 2 saturated heterocycles. The third-order valence-electron chi connectivity index (χ3n) is 8.01. The molecule has 0 aliphatic carbocycles. The van der Waals surface area contributed by atoms with Gasteiger partial charge in [0.25, 0.3) is 0 Å². The van der Waals surface area contributed by atoms with Crippen LogP contribution in [0.3, 0.4) is 0 Å². The van der Waals surface area contributed by atoms with Crippen molar-refractivity contribution in [2.45, 2.75) is 90.4 Å². The topological polar surface area (TPSA) is 134 Å². The van der Waals surface area contributed by atoms with Gasteiger partial charge in [0.2, 0.25) is 11.8 Å². The molecule has 2 heterocycles. The van der Waals surface area contributed by atoms with Gasteiger partial charge in [0.05, 0.1) is 19.1 Å². The normalized spacial score (nSPS) is 18.6. The van der Waals surface area contributed by atoms with Crippen LogP contribution in [0.2, 0.25) is 0 Å². The van der Waals surface area contributed by atoms with Crippen LogP contribution < -0.4 is 15.4 Å². The van der Waals surface area contributed by atoms with Crippen molar-refractivity contribution < 1.29 is 33.4 Å². The first-order valence-electron chi connectivity index (χ1n) is 15.9. The molecule has 0 aromatic heterocycles. The molecular formula is C35H46N4O7. The van der Waals surface area contributed by atoms with Crippen molar-refractivity contribution in [2.24, 2.45) is 0 Å². The lowest BCUT2D eigenvalue weighted by Gasteiger charge is -2.36. The van der Waals surface area contributed by atoms with Crippen LogP contribution >= 0.6 is 0 Å². The number of nitrogens with one attached hydrogen (secondary N) is 2. The summed E-state index contributed by atoms with van der Waals surface area (Å²) in [5, 5.41) is 5.46. The Balaban J connectivity index is 1.27. The summed E-state index contributed by atoms with van der Waals surface area (Å²) in [6, 6.07) is 12.3. The molecule has 2 aromatic carbocycles. The van der Waals surface area contributed by atoms with Crippen LogP contribution in [-0.2, 0) is 14.3 Å². The lowest BCUT2D eigenvalue weighted by atomic mass is 10.0. The highest BCUT2D eigenvalue weighted by atomic mass is 16.6. The Kier molecular flexibility index (Phi) is 10.9. The Morgan fingerprint density at radius 1 is 0.739 bits per heavy atom. The molecule has 11 nitrogen and oxygen atoms in total. The van der Waals surface area contributed by atoms with Crippen molar-refractivity contribution >= 4 is 29.5 Å². The summed E-state index contributed by atoms with van der Waals surface area (Å²) in [4.78, 5) is 67.4. The smallest absolute Gasteiger partial charge is 0.410 e. The fourth-order valence-corrected chi connectivity index (χ4v) is 5.77. The summed E-state index contributed by atoms with van der Waals surface area (Å²) in [7, 11) is 0. The first-order chi connectivity index (χ1) is 21.6. The van der Waals surface area contributed by atoms with Gasteiger partial charge in [-0.15, -0.1) is 0 Å². The van der Waals surface area contributed by atoms with Crippen molar-refractivity contribution in [1.82, 2.24) is 20.4 Å². The number of carbonyl (C=O) groups is 5. The highest BCUT2D eigenvalue weighted by Gasteiger charge is 2.38. The fraction of sp³-hybridized carbons (Fsp3) is 0.514. The van der Waals surface area contributed by atoms with E-state index in [-0.39, 0.29) is 42.1 Å². The number of nitrogens with zero attached hydrogens (tertiary/aromatic N) is 2. The highest BCUT2D eigenvalue weighted by molar-refractivity contribution is 6.01. The lowest BCUT2D eigenvalue weighted by molar-refractivity contribution is -0.127. The Morgan fingerprint density at radius 3 is 1.96 bits per heavy atom. The standard InChI is InChI=1S/C35H46N4O7/c1-34(2,3)39-19-9-13-28(39)32(43)37-22-30(41)24-10-7-11-26(20-24)45-25-16-14-23(15-17-25)29(40)21-36-31(42)27-12-8-18-38(27)33(44)46-35(4,5)6/h7,10-11,14-17,20,27-28H,8-9,12-13,18-19,21-22H2,1-6H3,(H,36,42)(H,37,43)/t27-,28-/m0/s1. The summed E-state index contributed by atoms with van der Waals surface area (Å²) < 4.78 is 11.3. The Hall–Kier alpha value is -4.25. The fourth-order valence-electron chi connectivity index (χ4n) is 5.77.